The molecule has 2 rings (SSSR count). The molecular formula is C14H21N3OS. The highest BCUT2D eigenvalue weighted by atomic mass is 32.1. The van der Waals surface area contributed by atoms with Crippen LogP contribution in [0.25, 0.3) is 10.2 Å². The van der Waals surface area contributed by atoms with E-state index < -0.39 is 0 Å². The first-order chi connectivity index (χ1) is 9.28. The minimum Gasteiger partial charge on any atom is -0.477 e. The number of aryl methyl sites for hydroxylation is 1. The molecule has 0 spiro atoms. The summed E-state index contributed by atoms with van der Waals surface area (Å²) in [6.07, 6.45) is 3.05. The maximum absolute atomic E-state index is 5.76. The molecule has 0 saturated carbocycles. The van der Waals surface area contributed by atoms with Gasteiger partial charge in [-0.2, -0.15) is 4.98 Å². The van der Waals surface area contributed by atoms with Crippen molar-refractivity contribution in [2.24, 2.45) is 0 Å². The average Bonchev–Trinajstić information content (AvgIpc) is 2.85. The van der Waals surface area contributed by atoms with Gasteiger partial charge in [-0.3, -0.25) is 0 Å². The van der Waals surface area contributed by atoms with Gasteiger partial charge in [0.1, 0.15) is 4.83 Å². The Bertz CT molecular complexity index is 539. The number of nitrogens with one attached hydrogen (secondary N) is 1. The minimum atomic E-state index is 0.671. The Kier molecular flexibility index (Phi) is 4.96. The molecule has 0 fully saturated rings. The fourth-order valence-electron chi connectivity index (χ4n) is 1.74. The van der Waals surface area contributed by atoms with E-state index in [2.05, 4.69) is 42.1 Å². The van der Waals surface area contributed by atoms with Gasteiger partial charge in [-0.05, 0) is 25.3 Å². The summed E-state index contributed by atoms with van der Waals surface area (Å²) >= 11 is 1.72. The summed E-state index contributed by atoms with van der Waals surface area (Å²) in [6.45, 7) is 7.95. The van der Waals surface area contributed by atoms with Crippen molar-refractivity contribution in [3.8, 4) is 5.88 Å². The smallest absolute Gasteiger partial charge is 0.227 e. The first kappa shape index (κ1) is 14.1. The first-order valence-corrected chi connectivity index (χ1v) is 7.77. The third-order valence-corrected chi connectivity index (χ3v) is 3.91. The Morgan fingerprint density at radius 2 is 2.05 bits per heavy atom. The van der Waals surface area contributed by atoms with Gasteiger partial charge in [0.15, 0.2) is 0 Å². The molecular weight excluding hydrogens is 258 g/mol. The van der Waals surface area contributed by atoms with Crippen LogP contribution in [0, 0.1) is 0 Å². The van der Waals surface area contributed by atoms with E-state index >= 15 is 0 Å². The summed E-state index contributed by atoms with van der Waals surface area (Å²) in [6, 6.07) is 2.15. The van der Waals surface area contributed by atoms with Crippen LogP contribution in [0.2, 0.25) is 0 Å². The Morgan fingerprint density at radius 3 is 2.74 bits per heavy atom. The standard InChI is InChI=1S/C14H21N3OS/c1-4-7-15-14-16-12(18-8-5-2)11-9-10(6-3)19-13(11)17-14/h9H,4-8H2,1-3H3,(H,15,16,17). The van der Waals surface area contributed by atoms with E-state index in [-0.39, 0.29) is 0 Å². The Balaban J connectivity index is 2.37. The van der Waals surface area contributed by atoms with E-state index in [4.69, 9.17) is 4.74 Å². The van der Waals surface area contributed by atoms with Gasteiger partial charge >= 0.3 is 0 Å². The zero-order valence-electron chi connectivity index (χ0n) is 11.8. The number of aromatic nitrogens is 2. The maximum atomic E-state index is 5.76. The lowest BCUT2D eigenvalue weighted by molar-refractivity contribution is 0.309. The van der Waals surface area contributed by atoms with Gasteiger partial charge in [-0.1, -0.05) is 20.8 Å². The topological polar surface area (TPSA) is 47.0 Å². The number of thiophene rings is 1. The summed E-state index contributed by atoms with van der Waals surface area (Å²) < 4.78 is 5.76. The van der Waals surface area contributed by atoms with Crippen molar-refractivity contribution in [1.29, 1.82) is 0 Å². The molecule has 19 heavy (non-hydrogen) atoms. The molecule has 0 aliphatic heterocycles. The van der Waals surface area contributed by atoms with Crippen molar-refractivity contribution in [1.82, 2.24) is 9.97 Å². The number of hydrogen-bond acceptors (Lipinski definition) is 5. The predicted octanol–water partition coefficient (Wildman–Crippen LogP) is 3.86. The number of rotatable bonds is 7. The van der Waals surface area contributed by atoms with E-state index in [1.165, 1.54) is 4.88 Å². The molecule has 0 bridgehead atoms. The zero-order chi connectivity index (χ0) is 13.7. The van der Waals surface area contributed by atoms with E-state index in [1.54, 1.807) is 11.3 Å². The SMILES string of the molecule is CCCNc1nc(OCCC)c2cc(CC)sc2n1. The van der Waals surface area contributed by atoms with Gasteiger partial charge in [0.2, 0.25) is 11.8 Å². The van der Waals surface area contributed by atoms with Crippen LogP contribution in [0.3, 0.4) is 0 Å². The highest BCUT2D eigenvalue weighted by Crippen LogP contribution is 2.31. The lowest BCUT2D eigenvalue weighted by Gasteiger charge is -2.08. The first-order valence-electron chi connectivity index (χ1n) is 6.95. The summed E-state index contributed by atoms with van der Waals surface area (Å²) in [7, 11) is 0. The molecule has 0 unspecified atom stereocenters. The lowest BCUT2D eigenvalue weighted by Crippen LogP contribution is -2.06. The minimum absolute atomic E-state index is 0.671. The second-order valence-electron chi connectivity index (χ2n) is 4.41. The highest BCUT2D eigenvalue weighted by molar-refractivity contribution is 7.18. The van der Waals surface area contributed by atoms with Crippen molar-refractivity contribution in [3.63, 3.8) is 0 Å². The maximum Gasteiger partial charge on any atom is 0.227 e. The van der Waals surface area contributed by atoms with Crippen molar-refractivity contribution >= 4 is 27.5 Å². The Hall–Kier alpha value is -1.36. The molecule has 0 aliphatic carbocycles. The van der Waals surface area contributed by atoms with E-state index in [1.807, 2.05) is 0 Å². The van der Waals surface area contributed by atoms with Crippen LogP contribution in [0.1, 0.15) is 38.5 Å². The van der Waals surface area contributed by atoms with Gasteiger partial charge in [0.25, 0.3) is 0 Å². The zero-order valence-corrected chi connectivity index (χ0v) is 12.6. The fraction of sp³-hybridized carbons (Fsp3) is 0.571. The second-order valence-corrected chi connectivity index (χ2v) is 5.53. The molecule has 0 aliphatic rings. The van der Waals surface area contributed by atoms with Crippen LogP contribution in [-0.2, 0) is 6.42 Å². The normalized spacial score (nSPS) is 10.9. The number of ether oxygens (including phenoxy) is 1. The number of nitrogens with zero attached hydrogens (tertiary/aromatic N) is 2. The number of fused-ring (bicyclic) bond motifs is 1. The summed E-state index contributed by atoms with van der Waals surface area (Å²) in [5.74, 6) is 1.38. The van der Waals surface area contributed by atoms with Crippen molar-refractivity contribution in [3.05, 3.63) is 10.9 Å². The van der Waals surface area contributed by atoms with Gasteiger partial charge in [-0.25, -0.2) is 4.98 Å². The van der Waals surface area contributed by atoms with Gasteiger partial charge in [-0.15, -0.1) is 11.3 Å². The third-order valence-electron chi connectivity index (χ3n) is 2.73. The monoisotopic (exact) mass is 279 g/mol. The molecule has 1 N–H and O–H groups in total. The van der Waals surface area contributed by atoms with E-state index in [0.717, 1.165) is 36.0 Å². The Labute approximate surface area is 118 Å². The molecule has 2 heterocycles. The molecule has 2 aromatic heterocycles. The van der Waals surface area contributed by atoms with E-state index in [0.29, 0.717) is 18.4 Å². The quantitative estimate of drug-likeness (QED) is 0.836. The van der Waals surface area contributed by atoms with Crippen LogP contribution in [0.5, 0.6) is 5.88 Å². The van der Waals surface area contributed by atoms with Crippen LogP contribution < -0.4 is 10.1 Å². The van der Waals surface area contributed by atoms with Gasteiger partial charge in [0.05, 0.1) is 12.0 Å². The molecule has 0 aromatic carbocycles. The molecule has 0 atom stereocenters. The molecule has 5 heteroatoms. The van der Waals surface area contributed by atoms with Crippen LogP contribution >= 0.6 is 11.3 Å². The third kappa shape index (κ3) is 3.35. The van der Waals surface area contributed by atoms with Crippen molar-refractivity contribution in [2.75, 3.05) is 18.5 Å². The fourth-order valence-corrected chi connectivity index (χ4v) is 2.70. The predicted molar refractivity (Wildman–Crippen MR) is 81.4 cm³/mol. The van der Waals surface area contributed by atoms with Crippen LogP contribution in [0.4, 0.5) is 5.95 Å². The van der Waals surface area contributed by atoms with Gasteiger partial charge < -0.3 is 10.1 Å². The largest absolute Gasteiger partial charge is 0.477 e. The lowest BCUT2D eigenvalue weighted by atomic mass is 10.3. The van der Waals surface area contributed by atoms with E-state index in [9.17, 15) is 0 Å². The summed E-state index contributed by atoms with van der Waals surface area (Å²) in [5, 5.41) is 4.27. The number of anilines is 1. The second kappa shape index (κ2) is 6.70. The molecule has 0 radical (unpaired) electrons. The summed E-state index contributed by atoms with van der Waals surface area (Å²) in [5.41, 5.74) is 0. The Morgan fingerprint density at radius 1 is 1.21 bits per heavy atom. The highest BCUT2D eigenvalue weighted by Gasteiger charge is 2.12. The average molecular weight is 279 g/mol. The van der Waals surface area contributed by atoms with Crippen molar-refractivity contribution in [2.45, 2.75) is 40.0 Å². The summed E-state index contributed by atoms with van der Waals surface area (Å²) in [4.78, 5) is 11.4. The molecule has 104 valence electrons. The number of hydrogen-bond donors (Lipinski definition) is 1. The molecule has 0 saturated heterocycles. The molecule has 4 nitrogen and oxygen atoms in total. The molecule has 0 amide bonds. The van der Waals surface area contributed by atoms with Crippen molar-refractivity contribution < 1.29 is 4.74 Å². The van der Waals surface area contributed by atoms with Gasteiger partial charge in [0, 0.05) is 11.4 Å². The molecule has 2 aromatic rings. The van der Waals surface area contributed by atoms with Crippen LogP contribution in [-0.4, -0.2) is 23.1 Å². The van der Waals surface area contributed by atoms with Crippen LogP contribution in [0.15, 0.2) is 6.07 Å².